The summed E-state index contributed by atoms with van der Waals surface area (Å²) in [6, 6.07) is 11.7. The van der Waals surface area contributed by atoms with E-state index in [-0.39, 0.29) is 28.8 Å². The van der Waals surface area contributed by atoms with Crippen molar-refractivity contribution in [3.05, 3.63) is 70.5 Å². The fourth-order valence-corrected chi connectivity index (χ4v) is 2.23. The number of pyridine rings is 1. The molecule has 0 radical (unpaired) electrons. The van der Waals surface area contributed by atoms with Gasteiger partial charge in [-0.3, -0.25) is 14.4 Å². The molecule has 0 amide bonds. The van der Waals surface area contributed by atoms with Crippen molar-refractivity contribution in [3.8, 4) is 0 Å². The molecule has 0 bridgehead atoms. The molecule has 6 heteroatoms. The van der Waals surface area contributed by atoms with Gasteiger partial charge in [0.05, 0.1) is 11.3 Å². The second-order valence-electron chi connectivity index (χ2n) is 4.25. The first-order chi connectivity index (χ1) is 10.6. The number of hydrogen-bond acceptors (Lipinski definition) is 4. The molecule has 110 valence electrons. The lowest BCUT2D eigenvalue weighted by Crippen LogP contribution is -2.16. The van der Waals surface area contributed by atoms with Gasteiger partial charge in [0.15, 0.2) is 11.6 Å². The highest BCUT2D eigenvalue weighted by atomic mass is 35.5. The molecule has 0 saturated carbocycles. The van der Waals surface area contributed by atoms with E-state index in [0.717, 1.165) is 0 Å². The number of halogens is 1. The Balaban J connectivity index is 0.000000545. The largest absolute Gasteiger partial charge is 0.483 e. The van der Waals surface area contributed by atoms with Crippen molar-refractivity contribution < 1.29 is 19.5 Å². The molecule has 0 unspecified atom stereocenters. The van der Waals surface area contributed by atoms with Crippen LogP contribution in [0.4, 0.5) is 0 Å². The molecule has 1 aromatic carbocycles. The molecule has 22 heavy (non-hydrogen) atoms. The standard InChI is InChI=1S/C15H8ClNO2.CH2O2/c16-14-7-3-6-12(17-14)11-8-13(18)9-4-1-2-5-10(9)15(11)19;2-1-3/h1-8H;1H,(H,2,3). The summed E-state index contributed by atoms with van der Waals surface area (Å²) in [5.74, 6) is -0.392. The number of nitrogens with zero attached hydrogens (tertiary/aromatic N) is 1. The van der Waals surface area contributed by atoms with Gasteiger partial charge in [-0.15, -0.1) is 0 Å². The van der Waals surface area contributed by atoms with Crippen LogP contribution < -0.4 is 0 Å². The molecule has 2 aromatic rings. The number of ketones is 2. The van der Waals surface area contributed by atoms with Crippen LogP contribution in [0.15, 0.2) is 48.5 Å². The third-order valence-electron chi connectivity index (χ3n) is 2.95. The molecule has 5 nitrogen and oxygen atoms in total. The van der Waals surface area contributed by atoms with Crippen molar-refractivity contribution in [2.45, 2.75) is 0 Å². The minimum atomic E-state index is -0.250. The molecular formula is C16H10ClNO4. The highest BCUT2D eigenvalue weighted by molar-refractivity contribution is 6.38. The van der Waals surface area contributed by atoms with E-state index in [1.807, 2.05) is 0 Å². The van der Waals surface area contributed by atoms with Crippen molar-refractivity contribution in [2.75, 3.05) is 0 Å². The second kappa shape index (κ2) is 6.78. The second-order valence-corrected chi connectivity index (χ2v) is 4.64. The summed E-state index contributed by atoms with van der Waals surface area (Å²) in [7, 11) is 0. The molecule has 0 saturated heterocycles. The Morgan fingerprint density at radius 1 is 1.00 bits per heavy atom. The number of allylic oxidation sites excluding steroid dienone is 2. The summed E-state index contributed by atoms with van der Waals surface area (Å²) in [5, 5.41) is 7.18. The first-order valence-electron chi connectivity index (χ1n) is 6.19. The van der Waals surface area contributed by atoms with Gasteiger partial charge in [-0.1, -0.05) is 41.9 Å². The monoisotopic (exact) mass is 315 g/mol. The third-order valence-corrected chi connectivity index (χ3v) is 3.16. The van der Waals surface area contributed by atoms with Gasteiger partial charge in [0, 0.05) is 11.1 Å². The van der Waals surface area contributed by atoms with E-state index in [2.05, 4.69) is 4.98 Å². The van der Waals surface area contributed by atoms with Crippen LogP contribution in [0.3, 0.4) is 0 Å². The third kappa shape index (κ3) is 3.10. The molecule has 0 atom stereocenters. The number of carbonyl (C=O) groups excluding carboxylic acids is 2. The average Bonchev–Trinajstić information content (AvgIpc) is 2.52. The summed E-state index contributed by atoms with van der Waals surface area (Å²) in [6.07, 6.45) is 1.32. The van der Waals surface area contributed by atoms with E-state index in [1.165, 1.54) is 6.08 Å². The van der Waals surface area contributed by atoms with Crippen LogP contribution in [0.2, 0.25) is 5.15 Å². The van der Waals surface area contributed by atoms with Crippen LogP contribution >= 0.6 is 11.6 Å². The number of aromatic nitrogens is 1. The van der Waals surface area contributed by atoms with Gasteiger partial charge in [0.25, 0.3) is 6.47 Å². The quantitative estimate of drug-likeness (QED) is 0.646. The molecule has 0 fully saturated rings. The molecule has 1 heterocycles. The van der Waals surface area contributed by atoms with Gasteiger partial charge in [0.2, 0.25) is 0 Å². The first-order valence-corrected chi connectivity index (χ1v) is 6.57. The van der Waals surface area contributed by atoms with Gasteiger partial charge < -0.3 is 5.11 Å². The molecule has 1 aromatic heterocycles. The summed E-state index contributed by atoms with van der Waals surface area (Å²) in [6.45, 7) is -0.250. The topological polar surface area (TPSA) is 84.3 Å². The predicted molar refractivity (Wildman–Crippen MR) is 81.0 cm³/mol. The number of rotatable bonds is 1. The predicted octanol–water partition coefficient (Wildman–Crippen LogP) is 2.90. The summed E-state index contributed by atoms with van der Waals surface area (Å²) >= 11 is 5.81. The van der Waals surface area contributed by atoms with Crippen molar-refractivity contribution in [1.82, 2.24) is 4.98 Å². The van der Waals surface area contributed by atoms with Crippen LogP contribution in [0, 0.1) is 0 Å². The molecule has 3 rings (SSSR count). The van der Waals surface area contributed by atoms with E-state index in [9.17, 15) is 9.59 Å². The molecule has 1 aliphatic carbocycles. The van der Waals surface area contributed by atoms with Gasteiger partial charge in [-0.25, -0.2) is 4.98 Å². The van der Waals surface area contributed by atoms with E-state index in [0.29, 0.717) is 16.8 Å². The van der Waals surface area contributed by atoms with Crippen LogP contribution in [0.25, 0.3) is 5.57 Å². The number of hydrogen-bond donors (Lipinski definition) is 1. The Morgan fingerprint density at radius 3 is 2.27 bits per heavy atom. The Kier molecular flexibility index (Phi) is 4.80. The maximum absolute atomic E-state index is 12.4. The molecule has 0 spiro atoms. The average molecular weight is 316 g/mol. The minimum Gasteiger partial charge on any atom is -0.483 e. The Morgan fingerprint density at radius 2 is 1.64 bits per heavy atom. The van der Waals surface area contributed by atoms with Crippen LogP contribution in [0.5, 0.6) is 0 Å². The number of benzene rings is 1. The van der Waals surface area contributed by atoms with Crippen LogP contribution in [0.1, 0.15) is 26.4 Å². The van der Waals surface area contributed by atoms with Crippen LogP contribution in [-0.2, 0) is 4.79 Å². The zero-order valence-electron chi connectivity index (χ0n) is 11.2. The maximum Gasteiger partial charge on any atom is 0.290 e. The van der Waals surface area contributed by atoms with Gasteiger partial charge in [-0.05, 0) is 18.2 Å². The van der Waals surface area contributed by atoms with Crippen molar-refractivity contribution >= 4 is 35.2 Å². The minimum absolute atomic E-state index is 0.188. The summed E-state index contributed by atoms with van der Waals surface area (Å²) < 4.78 is 0. The van der Waals surface area contributed by atoms with Crippen LogP contribution in [-0.4, -0.2) is 28.1 Å². The van der Waals surface area contributed by atoms with Crippen molar-refractivity contribution in [3.63, 3.8) is 0 Å². The number of Topliss-reactive ketones (excluding diaryl/α,β-unsaturated/α-hetero) is 1. The Labute approximate surface area is 130 Å². The van der Waals surface area contributed by atoms with Crippen molar-refractivity contribution in [1.29, 1.82) is 0 Å². The molecule has 1 aliphatic rings. The molecule has 1 N–H and O–H groups in total. The SMILES string of the molecule is O=C1C=C(c2cccc(Cl)n2)C(=O)c2ccccc21.O=CO. The smallest absolute Gasteiger partial charge is 0.290 e. The number of carboxylic acid groups (broad SMARTS) is 1. The lowest BCUT2D eigenvalue weighted by atomic mass is 9.88. The number of fused-ring (bicyclic) bond motifs is 1. The zero-order chi connectivity index (χ0) is 16.1. The fourth-order valence-electron chi connectivity index (χ4n) is 2.06. The number of carbonyl (C=O) groups is 3. The van der Waals surface area contributed by atoms with Gasteiger partial charge in [0.1, 0.15) is 5.15 Å². The Bertz CT molecular complexity index is 783. The normalized spacial score (nSPS) is 12.7. The Hall–Kier alpha value is -2.79. The lowest BCUT2D eigenvalue weighted by molar-refractivity contribution is -0.122. The van der Waals surface area contributed by atoms with E-state index in [4.69, 9.17) is 21.5 Å². The summed E-state index contributed by atoms with van der Waals surface area (Å²) in [5.41, 5.74) is 1.54. The zero-order valence-corrected chi connectivity index (χ0v) is 11.9. The lowest BCUT2D eigenvalue weighted by Gasteiger charge is -2.14. The van der Waals surface area contributed by atoms with Gasteiger partial charge >= 0.3 is 0 Å². The highest BCUT2D eigenvalue weighted by Crippen LogP contribution is 2.27. The fraction of sp³-hybridized carbons (Fsp3) is 0. The maximum atomic E-state index is 12.4. The summed E-state index contributed by atoms with van der Waals surface area (Å²) in [4.78, 5) is 36.8. The molecular weight excluding hydrogens is 306 g/mol. The van der Waals surface area contributed by atoms with Gasteiger partial charge in [-0.2, -0.15) is 0 Å². The van der Waals surface area contributed by atoms with Crippen molar-refractivity contribution in [2.24, 2.45) is 0 Å². The van der Waals surface area contributed by atoms with E-state index >= 15 is 0 Å². The molecule has 0 aliphatic heterocycles. The first kappa shape index (κ1) is 15.6. The van der Waals surface area contributed by atoms with E-state index < -0.39 is 0 Å². The highest BCUT2D eigenvalue weighted by Gasteiger charge is 2.26. The van der Waals surface area contributed by atoms with E-state index in [1.54, 1.807) is 42.5 Å².